The number of rotatable bonds is 6. The molecule has 2 N–H and O–H groups in total. The molecule has 0 aliphatic heterocycles. The number of hydrogen-bond acceptors (Lipinski definition) is 9. The van der Waals surface area contributed by atoms with Crippen molar-refractivity contribution < 1.29 is 19.4 Å². The largest absolute Gasteiger partial charge is 0.503 e. The number of hydrogen-bond donors (Lipinski definition) is 2. The number of para-hydroxylation sites is 1. The summed E-state index contributed by atoms with van der Waals surface area (Å²) in [6, 6.07) is 12.9. The molecule has 30 heavy (non-hydrogen) atoms. The fraction of sp³-hybridized carbons (Fsp3) is 0.100. The molecule has 10 heteroatoms. The molecule has 0 bridgehead atoms. The SMILES string of the molecule is COc1ccccc1Sc1ccc2nc(NC(=O)c3nccc(OC)c3O)sc2n1. The smallest absolute Gasteiger partial charge is 0.280 e. The molecular formula is C20H16N4O4S2. The van der Waals surface area contributed by atoms with Gasteiger partial charge in [-0.15, -0.1) is 0 Å². The Balaban J connectivity index is 1.56. The molecule has 0 atom stereocenters. The minimum absolute atomic E-state index is 0.144. The standard InChI is InChI=1S/C20H16N4O4S2/c1-27-12-5-3-4-6-14(12)29-15-8-7-11-19(23-15)30-20(22-11)24-18(26)16-17(25)13(28-2)9-10-21-16/h3-10,25H,1-2H3,(H,22,24,26). The number of carbonyl (C=O) groups is 1. The Labute approximate surface area is 179 Å². The molecule has 0 saturated carbocycles. The van der Waals surface area contributed by atoms with E-state index >= 15 is 0 Å². The number of carbonyl (C=O) groups excluding carboxylic acids is 1. The first kappa shape index (κ1) is 19.9. The van der Waals surface area contributed by atoms with Crippen LogP contribution in [0.4, 0.5) is 5.13 Å². The fourth-order valence-electron chi connectivity index (χ4n) is 2.65. The zero-order valence-corrected chi connectivity index (χ0v) is 17.6. The van der Waals surface area contributed by atoms with Crippen molar-refractivity contribution in [2.75, 3.05) is 19.5 Å². The van der Waals surface area contributed by atoms with Gasteiger partial charge in [0.05, 0.1) is 19.1 Å². The zero-order chi connectivity index (χ0) is 21.1. The van der Waals surface area contributed by atoms with Crippen LogP contribution in [0, 0.1) is 0 Å². The third kappa shape index (κ3) is 4.00. The fourth-order valence-corrected chi connectivity index (χ4v) is 4.44. The van der Waals surface area contributed by atoms with E-state index < -0.39 is 5.91 Å². The Kier molecular flexibility index (Phi) is 5.68. The zero-order valence-electron chi connectivity index (χ0n) is 15.9. The number of benzene rings is 1. The van der Waals surface area contributed by atoms with Gasteiger partial charge >= 0.3 is 0 Å². The number of fused-ring (bicyclic) bond motifs is 1. The van der Waals surface area contributed by atoms with Gasteiger partial charge in [-0.05, 0) is 24.3 Å². The van der Waals surface area contributed by atoms with Gasteiger partial charge in [-0.2, -0.15) is 0 Å². The number of aromatic hydroxyl groups is 1. The van der Waals surface area contributed by atoms with Crippen LogP contribution in [-0.4, -0.2) is 40.2 Å². The summed E-state index contributed by atoms with van der Waals surface area (Å²) in [7, 11) is 3.03. The summed E-state index contributed by atoms with van der Waals surface area (Å²) in [5.41, 5.74) is 0.511. The number of methoxy groups -OCH3 is 2. The number of thiazole rings is 1. The summed E-state index contributed by atoms with van der Waals surface area (Å²) in [6.45, 7) is 0. The van der Waals surface area contributed by atoms with Crippen molar-refractivity contribution in [2.24, 2.45) is 0 Å². The van der Waals surface area contributed by atoms with Crippen LogP contribution >= 0.6 is 23.1 Å². The highest BCUT2D eigenvalue weighted by Crippen LogP contribution is 2.35. The van der Waals surface area contributed by atoms with Gasteiger partial charge in [0.2, 0.25) is 0 Å². The van der Waals surface area contributed by atoms with Crippen molar-refractivity contribution >= 4 is 44.5 Å². The molecule has 152 valence electrons. The van der Waals surface area contributed by atoms with Crippen molar-refractivity contribution in [3.63, 3.8) is 0 Å². The number of ether oxygens (including phenoxy) is 2. The van der Waals surface area contributed by atoms with Gasteiger partial charge in [0.15, 0.2) is 22.3 Å². The summed E-state index contributed by atoms with van der Waals surface area (Å²) < 4.78 is 10.4. The molecule has 0 radical (unpaired) electrons. The Hall–Kier alpha value is -3.37. The van der Waals surface area contributed by atoms with E-state index in [1.165, 1.54) is 42.5 Å². The van der Waals surface area contributed by atoms with Crippen LogP contribution in [0.3, 0.4) is 0 Å². The van der Waals surface area contributed by atoms with Crippen molar-refractivity contribution in [3.8, 4) is 17.2 Å². The first-order chi connectivity index (χ1) is 14.6. The van der Waals surface area contributed by atoms with E-state index in [1.54, 1.807) is 7.11 Å². The lowest BCUT2D eigenvalue weighted by Gasteiger charge is -2.06. The van der Waals surface area contributed by atoms with Crippen LogP contribution < -0.4 is 14.8 Å². The van der Waals surface area contributed by atoms with Crippen LogP contribution in [0.1, 0.15) is 10.5 Å². The molecular weight excluding hydrogens is 424 g/mol. The summed E-state index contributed by atoms with van der Waals surface area (Å²) in [5, 5.41) is 13.9. The molecule has 1 amide bonds. The predicted octanol–water partition coefficient (Wildman–Crippen LogP) is 4.21. The van der Waals surface area contributed by atoms with Crippen LogP contribution in [0.5, 0.6) is 17.2 Å². The van der Waals surface area contributed by atoms with Gasteiger partial charge in [-0.3, -0.25) is 10.1 Å². The molecule has 3 heterocycles. The first-order valence-electron chi connectivity index (χ1n) is 8.71. The molecule has 4 rings (SSSR count). The lowest BCUT2D eigenvalue weighted by atomic mass is 10.3. The molecule has 0 aliphatic rings. The molecule has 0 fully saturated rings. The Bertz CT molecular complexity index is 1230. The van der Waals surface area contributed by atoms with Crippen molar-refractivity contribution in [2.45, 2.75) is 9.92 Å². The molecule has 1 aromatic carbocycles. The normalized spacial score (nSPS) is 10.7. The highest BCUT2D eigenvalue weighted by molar-refractivity contribution is 7.99. The van der Waals surface area contributed by atoms with Gasteiger partial charge in [-0.25, -0.2) is 15.0 Å². The second kappa shape index (κ2) is 8.56. The predicted molar refractivity (Wildman–Crippen MR) is 115 cm³/mol. The summed E-state index contributed by atoms with van der Waals surface area (Å²) >= 11 is 2.71. The van der Waals surface area contributed by atoms with E-state index in [-0.39, 0.29) is 17.2 Å². The number of nitrogens with zero attached hydrogens (tertiary/aromatic N) is 3. The van der Waals surface area contributed by atoms with E-state index in [2.05, 4.69) is 20.3 Å². The minimum Gasteiger partial charge on any atom is -0.503 e. The molecule has 0 unspecified atom stereocenters. The quantitative estimate of drug-likeness (QED) is 0.459. The Morgan fingerprint density at radius 3 is 2.67 bits per heavy atom. The number of anilines is 1. The maximum atomic E-state index is 12.5. The summed E-state index contributed by atoms with van der Waals surface area (Å²) in [5.74, 6) is 0.0210. The van der Waals surface area contributed by atoms with Gasteiger partial charge in [0.1, 0.15) is 21.1 Å². The average molecular weight is 441 g/mol. The number of pyridine rings is 2. The third-order valence-corrected chi connectivity index (χ3v) is 5.93. The van der Waals surface area contributed by atoms with E-state index in [1.807, 2.05) is 36.4 Å². The molecule has 3 aromatic heterocycles. The van der Waals surface area contributed by atoms with Crippen LogP contribution in [-0.2, 0) is 0 Å². The maximum absolute atomic E-state index is 12.5. The van der Waals surface area contributed by atoms with Crippen molar-refractivity contribution in [1.29, 1.82) is 0 Å². The van der Waals surface area contributed by atoms with E-state index in [0.29, 0.717) is 15.5 Å². The minimum atomic E-state index is -0.589. The highest BCUT2D eigenvalue weighted by atomic mass is 32.2. The second-order valence-corrected chi connectivity index (χ2v) is 7.95. The van der Waals surface area contributed by atoms with Crippen LogP contribution in [0.15, 0.2) is 58.6 Å². The maximum Gasteiger partial charge on any atom is 0.280 e. The van der Waals surface area contributed by atoms with Gasteiger partial charge in [0, 0.05) is 12.3 Å². The van der Waals surface area contributed by atoms with Crippen LogP contribution in [0.25, 0.3) is 10.3 Å². The molecule has 0 aliphatic carbocycles. The monoisotopic (exact) mass is 440 g/mol. The Morgan fingerprint density at radius 1 is 1.07 bits per heavy atom. The van der Waals surface area contributed by atoms with Gasteiger partial charge < -0.3 is 14.6 Å². The van der Waals surface area contributed by atoms with Crippen molar-refractivity contribution in [3.05, 3.63) is 54.4 Å². The Morgan fingerprint density at radius 2 is 1.87 bits per heavy atom. The highest BCUT2D eigenvalue weighted by Gasteiger charge is 2.18. The molecule has 0 spiro atoms. The van der Waals surface area contributed by atoms with E-state index in [0.717, 1.165) is 15.7 Å². The molecule has 8 nitrogen and oxygen atoms in total. The van der Waals surface area contributed by atoms with Gasteiger partial charge in [-0.1, -0.05) is 35.2 Å². The van der Waals surface area contributed by atoms with Crippen LogP contribution in [0.2, 0.25) is 0 Å². The molecule has 4 aromatic rings. The van der Waals surface area contributed by atoms with Crippen molar-refractivity contribution in [1.82, 2.24) is 15.0 Å². The number of aromatic nitrogens is 3. The first-order valence-corrected chi connectivity index (χ1v) is 10.3. The lowest BCUT2D eigenvalue weighted by molar-refractivity contribution is 0.101. The number of nitrogens with one attached hydrogen (secondary N) is 1. The molecule has 0 saturated heterocycles. The lowest BCUT2D eigenvalue weighted by Crippen LogP contribution is -2.13. The van der Waals surface area contributed by atoms with E-state index in [9.17, 15) is 9.90 Å². The second-order valence-electron chi connectivity index (χ2n) is 5.91. The topological polar surface area (TPSA) is 106 Å². The van der Waals surface area contributed by atoms with Gasteiger partial charge in [0.25, 0.3) is 5.91 Å². The summed E-state index contributed by atoms with van der Waals surface area (Å²) in [4.78, 5) is 27.0. The third-order valence-electron chi connectivity index (χ3n) is 4.06. The summed E-state index contributed by atoms with van der Waals surface area (Å²) in [6.07, 6.45) is 1.38. The van der Waals surface area contributed by atoms with E-state index in [4.69, 9.17) is 9.47 Å². The number of amides is 1. The average Bonchev–Trinajstić information content (AvgIpc) is 3.15.